The third-order valence-electron chi connectivity index (χ3n) is 3.92. The van der Waals surface area contributed by atoms with Gasteiger partial charge in [-0.3, -0.25) is 4.79 Å². The topological polar surface area (TPSA) is 60.9 Å². The van der Waals surface area contributed by atoms with Crippen molar-refractivity contribution in [2.24, 2.45) is 0 Å². The van der Waals surface area contributed by atoms with Gasteiger partial charge < -0.3 is 9.09 Å². The fourth-order valence-corrected chi connectivity index (χ4v) is 3.21. The molecule has 0 radical (unpaired) electrons. The van der Waals surface area contributed by atoms with Gasteiger partial charge in [0.25, 0.3) is 11.4 Å². The van der Waals surface area contributed by atoms with Gasteiger partial charge in [0.1, 0.15) is 0 Å². The maximum Gasteiger partial charge on any atom is 0.259 e. The zero-order valence-corrected chi connectivity index (χ0v) is 14.1. The monoisotopic (exact) mass is 349 g/mol. The summed E-state index contributed by atoms with van der Waals surface area (Å²) in [5.74, 6) is 0.966. The summed E-state index contributed by atoms with van der Waals surface area (Å²) in [6, 6.07) is 15.3. The van der Waals surface area contributed by atoms with E-state index in [0.29, 0.717) is 18.3 Å². The van der Waals surface area contributed by atoms with E-state index in [-0.39, 0.29) is 5.56 Å². The molecule has 4 rings (SSSR count). The van der Waals surface area contributed by atoms with Crippen molar-refractivity contribution < 1.29 is 4.52 Å². The molecule has 0 aliphatic carbocycles. The molecular weight excluding hydrogens is 334 g/mol. The lowest BCUT2D eigenvalue weighted by Gasteiger charge is -2.06. The fraction of sp³-hybridized carbons (Fsp3) is 0.105. The van der Waals surface area contributed by atoms with E-state index in [2.05, 4.69) is 22.3 Å². The quantitative estimate of drug-likeness (QED) is 0.549. The van der Waals surface area contributed by atoms with Crippen LogP contribution in [0, 0.1) is 0 Å². The molecule has 0 aliphatic rings. The SMILES string of the molecule is O=c1ccc(-c2nc(-c3ccsc3)no2)cn1CCc1ccccc1. The number of aryl methyl sites for hydroxylation is 2. The molecule has 0 fully saturated rings. The maximum absolute atomic E-state index is 12.1. The van der Waals surface area contributed by atoms with Gasteiger partial charge in [0, 0.05) is 29.8 Å². The first-order chi connectivity index (χ1) is 12.3. The molecule has 25 heavy (non-hydrogen) atoms. The van der Waals surface area contributed by atoms with Gasteiger partial charge in [0.15, 0.2) is 0 Å². The molecule has 0 N–H and O–H groups in total. The van der Waals surface area contributed by atoms with Crippen LogP contribution in [0.5, 0.6) is 0 Å². The van der Waals surface area contributed by atoms with Crippen LogP contribution >= 0.6 is 11.3 Å². The van der Waals surface area contributed by atoms with Crippen LogP contribution in [-0.2, 0) is 13.0 Å². The van der Waals surface area contributed by atoms with Crippen LogP contribution < -0.4 is 5.56 Å². The predicted octanol–water partition coefficient (Wildman–Crippen LogP) is 3.87. The van der Waals surface area contributed by atoms with Gasteiger partial charge in [0.2, 0.25) is 5.82 Å². The van der Waals surface area contributed by atoms with E-state index in [4.69, 9.17) is 4.52 Å². The van der Waals surface area contributed by atoms with Crippen LogP contribution in [0.4, 0.5) is 0 Å². The molecule has 0 unspecified atom stereocenters. The van der Waals surface area contributed by atoms with E-state index < -0.39 is 0 Å². The lowest BCUT2D eigenvalue weighted by atomic mass is 10.1. The predicted molar refractivity (Wildman–Crippen MR) is 97.5 cm³/mol. The van der Waals surface area contributed by atoms with Crippen molar-refractivity contribution in [1.29, 1.82) is 0 Å². The number of hydrogen-bond acceptors (Lipinski definition) is 5. The number of benzene rings is 1. The summed E-state index contributed by atoms with van der Waals surface area (Å²) < 4.78 is 7.04. The largest absolute Gasteiger partial charge is 0.334 e. The summed E-state index contributed by atoms with van der Waals surface area (Å²) in [4.78, 5) is 16.5. The fourth-order valence-electron chi connectivity index (χ4n) is 2.58. The normalized spacial score (nSPS) is 10.9. The first kappa shape index (κ1) is 15.5. The van der Waals surface area contributed by atoms with Crippen molar-refractivity contribution in [2.45, 2.75) is 13.0 Å². The second-order valence-corrected chi connectivity index (χ2v) is 6.40. The third kappa shape index (κ3) is 3.44. The minimum atomic E-state index is -0.0442. The van der Waals surface area contributed by atoms with Crippen molar-refractivity contribution in [3.8, 4) is 22.8 Å². The average molecular weight is 349 g/mol. The van der Waals surface area contributed by atoms with Crippen LogP contribution in [0.3, 0.4) is 0 Å². The van der Waals surface area contributed by atoms with E-state index >= 15 is 0 Å². The third-order valence-corrected chi connectivity index (χ3v) is 4.60. The van der Waals surface area contributed by atoms with Gasteiger partial charge in [-0.2, -0.15) is 16.3 Å². The Morgan fingerprint density at radius 1 is 1.04 bits per heavy atom. The van der Waals surface area contributed by atoms with Crippen LogP contribution in [0.2, 0.25) is 0 Å². The zero-order valence-electron chi connectivity index (χ0n) is 13.3. The van der Waals surface area contributed by atoms with Crippen LogP contribution in [0.25, 0.3) is 22.8 Å². The Hall–Kier alpha value is -2.99. The Labute approximate surface area is 148 Å². The van der Waals surface area contributed by atoms with Crippen molar-refractivity contribution in [2.75, 3.05) is 0 Å². The van der Waals surface area contributed by atoms with E-state index in [1.807, 2.05) is 35.0 Å². The van der Waals surface area contributed by atoms with Crippen LogP contribution in [-0.4, -0.2) is 14.7 Å². The lowest BCUT2D eigenvalue weighted by molar-refractivity contribution is 0.432. The van der Waals surface area contributed by atoms with Crippen molar-refractivity contribution >= 4 is 11.3 Å². The van der Waals surface area contributed by atoms with Crippen LogP contribution in [0.1, 0.15) is 5.56 Å². The zero-order chi connectivity index (χ0) is 17.1. The molecule has 0 bridgehead atoms. The van der Waals surface area contributed by atoms with E-state index in [9.17, 15) is 4.79 Å². The highest BCUT2D eigenvalue weighted by Crippen LogP contribution is 2.23. The summed E-state index contributed by atoms with van der Waals surface area (Å²) >= 11 is 1.58. The van der Waals surface area contributed by atoms with E-state index in [1.165, 1.54) is 11.6 Å². The second-order valence-electron chi connectivity index (χ2n) is 5.62. The minimum Gasteiger partial charge on any atom is -0.334 e. The molecule has 3 heterocycles. The van der Waals surface area contributed by atoms with Gasteiger partial charge in [-0.15, -0.1) is 0 Å². The highest BCUT2D eigenvalue weighted by molar-refractivity contribution is 7.08. The average Bonchev–Trinajstić information content (AvgIpc) is 3.33. The van der Waals surface area contributed by atoms with Crippen LogP contribution in [0.15, 0.2) is 74.8 Å². The summed E-state index contributed by atoms with van der Waals surface area (Å²) in [5, 5.41) is 7.95. The summed E-state index contributed by atoms with van der Waals surface area (Å²) in [6.07, 6.45) is 2.56. The Morgan fingerprint density at radius 3 is 2.72 bits per heavy atom. The molecule has 124 valence electrons. The number of hydrogen-bond donors (Lipinski definition) is 0. The summed E-state index contributed by atoms with van der Waals surface area (Å²) in [7, 11) is 0. The molecule has 3 aromatic heterocycles. The second kappa shape index (κ2) is 6.86. The van der Waals surface area contributed by atoms with Gasteiger partial charge in [-0.1, -0.05) is 35.5 Å². The summed E-state index contributed by atoms with van der Waals surface area (Å²) in [6.45, 7) is 0.599. The number of pyridine rings is 1. The first-order valence-corrected chi connectivity index (χ1v) is 8.85. The van der Waals surface area contributed by atoms with Crippen molar-refractivity contribution in [3.63, 3.8) is 0 Å². The molecule has 1 aromatic carbocycles. The number of aromatic nitrogens is 3. The Bertz CT molecular complexity index is 1020. The molecule has 6 heteroatoms. The molecule has 5 nitrogen and oxygen atoms in total. The minimum absolute atomic E-state index is 0.0442. The Kier molecular flexibility index (Phi) is 4.26. The number of nitrogens with zero attached hydrogens (tertiary/aromatic N) is 3. The standard InChI is InChI=1S/C19H15N3O2S/c23-17-7-6-15(12-22(17)10-8-14-4-2-1-3-5-14)19-20-18(21-24-19)16-9-11-25-13-16/h1-7,9,11-13H,8,10H2. The van der Waals surface area contributed by atoms with Gasteiger partial charge in [-0.25, -0.2) is 0 Å². The molecule has 4 aromatic rings. The summed E-state index contributed by atoms with van der Waals surface area (Å²) in [5.41, 5.74) is 2.81. The molecule has 0 amide bonds. The van der Waals surface area contributed by atoms with E-state index in [0.717, 1.165) is 17.5 Å². The van der Waals surface area contributed by atoms with E-state index in [1.54, 1.807) is 28.2 Å². The van der Waals surface area contributed by atoms with Gasteiger partial charge in [0.05, 0.1) is 5.56 Å². The molecule has 0 saturated carbocycles. The Morgan fingerprint density at radius 2 is 1.92 bits per heavy atom. The molecule has 0 spiro atoms. The molecular formula is C19H15N3O2S. The van der Waals surface area contributed by atoms with Gasteiger partial charge in [-0.05, 0) is 29.5 Å². The smallest absolute Gasteiger partial charge is 0.259 e. The van der Waals surface area contributed by atoms with Crippen molar-refractivity contribution in [1.82, 2.24) is 14.7 Å². The first-order valence-electron chi connectivity index (χ1n) is 7.91. The van der Waals surface area contributed by atoms with Gasteiger partial charge >= 0.3 is 0 Å². The maximum atomic E-state index is 12.1. The number of thiophene rings is 1. The number of rotatable bonds is 5. The lowest BCUT2D eigenvalue weighted by Crippen LogP contribution is -2.19. The molecule has 0 aliphatic heterocycles. The highest BCUT2D eigenvalue weighted by Gasteiger charge is 2.12. The van der Waals surface area contributed by atoms with Crippen molar-refractivity contribution in [3.05, 3.63) is 81.4 Å². The molecule has 0 atom stereocenters. The molecule has 0 saturated heterocycles. The highest BCUT2D eigenvalue weighted by atomic mass is 32.1. The Balaban J connectivity index is 1.58.